The van der Waals surface area contributed by atoms with Crippen LogP contribution in [0.15, 0.2) is 42.6 Å². The van der Waals surface area contributed by atoms with Gasteiger partial charge in [0.15, 0.2) is 11.4 Å². The third-order valence-electron chi connectivity index (χ3n) is 4.41. The monoisotopic (exact) mass is 506 g/mol. The van der Waals surface area contributed by atoms with Crippen LogP contribution in [-0.2, 0) is 0 Å². The van der Waals surface area contributed by atoms with E-state index in [1.807, 2.05) is 0 Å². The Balaban J connectivity index is 0.00000187. The number of ether oxygens (including phenoxy) is 2. The summed E-state index contributed by atoms with van der Waals surface area (Å²) in [5.41, 5.74) is 6.26. The number of pyridine rings is 1. The van der Waals surface area contributed by atoms with Crippen LogP contribution in [0.2, 0.25) is 5.02 Å². The van der Waals surface area contributed by atoms with Gasteiger partial charge in [0.25, 0.3) is 0 Å². The fourth-order valence-electron chi connectivity index (χ4n) is 2.90. The second kappa shape index (κ2) is 13.8. The minimum absolute atomic E-state index is 0.420. The normalized spacial score (nSPS) is 10.1. The molecule has 0 saturated heterocycles. The second-order valence-corrected chi connectivity index (χ2v) is 8.31. The zero-order chi connectivity index (χ0) is 24.2. The smallest absolute Gasteiger partial charge is 0.170 e. The average molecular weight is 507 g/mol. The largest absolute Gasteiger partial charge is 0.496 e. The van der Waals surface area contributed by atoms with Crippen LogP contribution in [0.25, 0.3) is 10.9 Å². The van der Waals surface area contributed by atoms with Gasteiger partial charge in [-0.15, -0.1) is 0 Å². The van der Waals surface area contributed by atoms with Gasteiger partial charge in [-0.1, -0.05) is 11.6 Å². The van der Waals surface area contributed by atoms with Crippen molar-refractivity contribution < 1.29 is 14.3 Å². The average Bonchev–Trinajstić information content (AvgIpc) is 2.84. The lowest BCUT2D eigenvalue weighted by Gasteiger charge is -2.14. The maximum Gasteiger partial charge on any atom is 0.170 e. The number of fused-ring (bicyclic) bond motifs is 1. The molecule has 0 aliphatic rings. The number of carbonyl (C=O) groups excluding carboxylic acids is 1. The van der Waals surface area contributed by atoms with Gasteiger partial charge in [-0.25, -0.2) is 0 Å². The number of nitrogens with two attached hydrogens (primary N) is 1. The van der Waals surface area contributed by atoms with Crippen molar-refractivity contribution in [2.75, 3.05) is 38.0 Å². The van der Waals surface area contributed by atoms with Gasteiger partial charge in [-0.05, 0) is 62.0 Å². The Bertz CT molecular complexity index is 1100. The molecule has 0 atom stereocenters. The van der Waals surface area contributed by atoms with Gasteiger partial charge < -0.3 is 25.8 Å². The molecule has 0 aliphatic heterocycles. The van der Waals surface area contributed by atoms with Crippen LogP contribution in [0.3, 0.4) is 0 Å². The summed E-state index contributed by atoms with van der Waals surface area (Å²) in [6, 6.07) is 10.4. The molecule has 1 aromatic heterocycles. The van der Waals surface area contributed by atoms with Crippen molar-refractivity contribution in [2.24, 2.45) is 5.73 Å². The van der Waals surface area contributed by atoms with Crippen LogP contribution in [0, 0.1) is 0 Å². The molecule has 0 unspecified atom stereocenters. The van der Waals surface area contributed by atoms with Crippen LogP contribution in [0.1, 0.15) is 16.8 Å². The minimum Gasteiger partial charge on any atom is -0.496 e. The third kappa shape index (κ3) is 7.46. The molecule has 176 valence electrons. The molecule has 3 rings (SSSR count). The maximum absolute atomic E-state index is 11.4. The van der Waals surface area contributed by atoms with E-state index in [4.69, 9.17) is 33.3 Å². The number of nitrogens with zero attached hydrogens (tertiary/aromatic N) is 1. The second-order valence-electron chi connectivity index (χ2n) is 6.51. The number of thioether (sulfide) groups is 1. The molecular weight excluding hydrogens is 480 g/mol. The van der Waals surface area contributed by atoms with Gasteiger partial charge in [-0.3, -0.25) is 9.78 Å². The molecule has 3 aromatic rings. The number of carbonyl (C=O) groups is 1. The Morgan fingerprint density at radius 1 is 1.24 bits per heavy atom. The van der Waals surface area contributed by atoms with Crippen molar-refractivity contribution in [3.8, 4) is 17.2 Å². The number of methoxy groups -OCH3 is 1. The van der Waals surface area contributed by atoms with Crippen molar-refractivity contribution in [1.29, 1.82) is 0 Å². The maximum atomic E-state index is 11.4. The van der Waals surface area contributed by atoms with Crippen LogP contribution in [0.4, 0.5) is 5.69 Å². The fourth-order valence-corrected chi connectivity index (χ4v) is 3.76. The van der Waals surface area contributed by atoms with E-state index in [0.29, 0.717) is 49.5 Å². The molecule has 10 heteroatoms. The number of aldehydes is 1. The molecule has 7 nitrogen and oxygen atoms in total. The van der Waals surface area contributed by atoms with E-state index in [1.54, 1.807) is 54.4 Å². The Labute approximate surface area is 208 Å². The molecule has 0 spiro atoms. The first-order valence-electron chi connectivity index (χ1n) is 10.1. The number of rotatable bonds is 9. The SMILES string of the molecule is CN.COc1cc2nccc(Oc3ccc(NC(=S)NCCCSC)c(Cl)c3)c2cc1C=O. The predicted octanol–water partition coefficient (Wildman–Crippen LogP) is 5.12. The predicted molar refractivity (Wildman–Crippen MR) is 143 cm³/mol. The van der Waals surface area contributed by atoms with Crippen LogP contribution in [-0.4, -0.2) is 49.1 Å². The fraction of sp³-hybridized carbons (Fsp3) is 0.261. The highest BCUT2D eigenvalue weighted by Gasteiger charge is 2.12. The van der Waals surface area contributed by atoms with Gasteiger partial charge in [0, 0.05) is 30.3 Å². The molecule has 0 aliphatic carbocycles. The van der Waals surface area contributed by atoms with Gasteiger partial charge in [0.1, 0.15) is 17.2 Å². The molecule has 1 heterocycles. The zero-order valence-electron chi connectivity index (χ0n) is 18.7. The molecule has 2 aromatic carbocycles. The topological polar surface area (TPSA) is 98.5 Å². The summed E-state index contributed by atoms with van der Waals surface area (Å²) in [4.78, 5) is 15.7. The number of benzene rings is 2. The summed E-state index contributed by atoms with van der Waals surface area (Å²) in [6.07, 6.45) is 5.48. The van der Waals surface area contributed by atoms with Crippen LogP contribution >= 0.6 is 35.6 Å². The van der Waals surface area contributed by atoms with E-state index < -0.39 is 0 Å². The molecule has 4 N–H and O–H groups in total. The van der Waals surface area contributed by atoms with Crippen molar-refractivity contribution in [2.45, 2.75) is 6.42 Å². The first kappa shape index (κ1) is 26.7. The standard InChI is InChI=1S/C22H22ClN3O3S2.CH5N/c1-28-21-12-19-16(10-14(21)13-27)20(6-8-24-19)29-15-4-5-18(17(23)11-15)26-22(30)25-7-3-9-31-2;1-2/h4-6,8,10-13H,3,7,9H2,1-2H3,(H2,25,26,30);2H2,1H3. The van der Waals surface area contributed by atoms with Gasteiger partial charge in [0.05, 0.1) is 28.9 Å². The number of anilines is 1. The number of hydrogen-bond donors (Lipinski definition) is 3. The van der Waals surface area contributed by atoms with E-state index in [2.05, 4.69) is 27.6 Å². The van der Waals surface area contributed by atoms with Crippen molar-refractivity contribution in [3.05, 3.63) is 53.2 Å². The number of thiocarbonyl (C=S) groups is 1. The quantitative estimate of drug-likeness (QED) is 0.207. The number of aromatic nitrogens is 1. The number of halogens is 1. The molecule has 0 radical (unpaired) electrons. The Morgan fingerprint density at radius 3 is 2.70 bits per heavy atom. The molecule has 33 heavy (non-hydrogen) atoms. The van der Waals surface area contributed by atoms with Crippen LogP contribution < -0.4 is 25.8 Å². The highest BCUT2D eigenvalue weighted by atomic mass is 35.5. The molecule has 0 amide bonds. The zero-order valence-corrected chi connectivity index (χ0v) is 21.1. The van der Waals surface area contributed by atoms with E-state index in [1.165, 1.54) is 14.2 Å². The lowest BCUT2D eigenvalue weighted by Crippen LogP contribution is -2.29. The lowest BCUT2D eigenvalue weighted by molar-refractivity contribution is 0.112. The van der Waals surface area contributed by atoms with E-state index in [9.17, 15) is 4.79 Å². The highest BCUT2D eigenvalue weighted by Crippen LogP contribution is 2.34. The molecule has 0 fully saturated rings. The van der Waals surface area contributed by atoms with Crippen molar-refractivity contribution in [1.82, 2.24) is 10.3 Å². The van der Waals surface area contributed by atoms with E-state index >= 15 is 0 Å². The Morgan fingerprint density at radius 2 is 2.03 bits per heavy atom. The third-order valence-corrected chi connectivity index (χ3v) is 5.66. The minimum atomic E-state index is 0.420. The first-order chi connectivity index (χ1) is 16.0. The van der Waals surface area contributed by atoms with Crippen molar-refractivity contribution in [3.63, 3.8) is 0 Å². The van der Waals surface area contributed by atoms with E-state index in [0.717, 1.165) is 25.0 Å². The summed E-state index contributed by atoms with van der Waals surface area (Å²) in [7, 11) is 3.01. The summed E-state index contributed by atoms with van der Waals surface area (Å²) in [6.45, 7) is 0.800. The summed E-state index contributed by atoms with van der Waals surface area (Å²) >= 11 is 13.5. The van der Waals surface area contributed by atoms with Gasteiger partial charge in [-0.2, -0.15) is 11.8 Å². The molecule has 0 bridgehead atoms. The first-order valence-corrected chi connectivity index (χ1v) is 12.2. The summed E-state index contributed by atoms with van der Waals surface area (Å²) in [5.74, 6) is 2.64. The summed E-state index contributed by atoms with van der Waals surface area (Å²) in [5, 5.41) is 7.94. The van der Waals surface area contributed by atoms with Crippen molar-refractivity contribution >= 4 is 63.6 Å². The summed E-state index contributed by atoms with van der Waals surface area (Å²) < 4.78 is 11.3. The van der Waals surface area contributed by atoms with Crippen LogP contribution in [0.5, 0.6) is 17.2 Å². The highest BCUT2D eigenvalue weighted by molar-refractivity contribution is 7.98. The number of nitrogens with one attached hydrogen (secondary N) is 2. The molecular formula is C23H27ClN4O3S2. The Kier molecular flexibility index (Phi) is 11.2. The van der Waals surface area contributed by atoms with E-state index in [-0.39, 0.29) is 0 Å². The lowest BCUT2D eigenvalue weighted by atomic mass is 10.1. The number of hydrogen-bond acceptors (Lipinski definition) is 7. The van der Waals surface area contributed by atoms with Gasteiger partial charge in [0.2, 0.25) is 0 Å². The van der Waals surface area contributed by atoms with Gasteiger partial charge >= 0.3 is 0 Å². The Hall–Kier alpha value is -2.59. The molecule has 0 saturated carbocycles.